The summed E-state index contributed by atoms with van der Waals surface area (Å²) in [5.41, 5.74) is 8.76. The molecule has 3 aliphatic rings. The molecule has 12 heteroatoms. The summed E-state index contributed by atoms with van der Waals surface area (Å²) >= 11 is 0. The van der Waals surface area contributed by atoms with Crippen molar-refractivity contribution in [3.05, 3.63) is 39.7 Å². The molecule has 4 rings (SSSR count). The van der Waals surface area contributed by atoms with Gasteiger partial charge in [-0.2, -0.15) is 0 Å². The maximum Gasteiger partial charge on any atom is 0.255 e. The third kappa shape index (κ3) is 4.18. The monoisotopic (exact) mass is 553 g/mol. The fourth-order valence-electron chi connectivity index (χ4n) is 6.39. The van der Waals surface area contributed by atoms with Crippen LogP contribution in [0, 0.1) is 23.8 Å². The van der Waals surface area contributed by atoms with Gasteiger partial charge >= 0.3 is 0 Å². The van der Waals surface area contributed by atoms with Gasteiger partial charge in [-0.05, 0) is 51.5 Å². The predicted octanol–water partition coefficient (Wildman–Crippen LogP) is -0.619. The second-order valence-electron chi connectivity index (χ2n) is 11.1. The number of carbonyl (C=O) groups excluding carboxylic acids is 3. The molecular formula is C28H35N5O7. The average molecular weight is 554 g/mol. The van der Waals surface area contributed by atoms with Crippen LogP contribution in [0.4, 0.5) is 5.69 Å². The van der Waals surface area contributed by atoms with Gasteiger partial charge in [-0.3, -0.25) is 24.2 Å². The van der Waals surface area contributed by atoms with Crippen LogP contribution >= 0.6 is 0 Å². The van der Waals surface area contributed by atoms with Crippen molar-refractivity contribution in [2.24, 2.45) is 23.3 Å². The lowest BCUT2D eigenvalue weighted by Crippen LogP contribution is -2.65. The van der Waals surface area contributed by atoms with Crippen LogP contribution in [0.2, 0.25) is 0 Å². The number of fused-ring (bicyclic) bond motifs is 3. The van der Waals surface area contributed by atoms with Crippen molar-refractivity contribution in [2.75, 3.05) is 46.7 Å². The molecule has 0 heterocycles. The number of hydrogen-bond acceptors (Lipinski definition) is 11. The number of Topliss-reactive ketones (excluding diaryl/α,β-unsaturated/α-hetero) is 2. The van der Waals surface area contributed by atoms with Crippen LogP contribution in [0.5, 0.6) is 5.75 Å². The Morgan fingerprint density at radius 3 is 2.35 bits per heavy atom. The third-order valence-electron chi connectivity index (χ3n) is 8.15. The Hall–Kier alpha value is -4.05. The number of ketones is 2. The number of aliphatic hydroxyl groups excluding tert-OH is 2. The first-order valence-corrected chi connectivity index (χ1v) is 12.7. The van der Waals surface area contributed by atoms with Gasteiger partial charge in [0.25, 0.3) is 5.91 Å². The van der Waals surface area contributed by atoms with E-state index in [0.29, 0.717) is 23.4 Å². The van der Waals surface area contributed by atoms with Gasteiger partial charge < -0.3 is 36.8 Å². The van der Waals surface area contributed by atoms with Crippen LogP contribution in [0.25, 0.3) is 5.76 Å². The quantitative estimate of drug-likeness (QED) is 0.149. The Morgan fingerprint density at radius 1 is 1.15 bits per heavy atom. The molecule has 1 amide bonds. The van der Waals surface area contributed by atoms with Crippen LogP contribution in [-0.4, -0.2) is 101 Å². The molecular weight excluding hydrogens is 518 g/mol. The van der Waals surface area contributed by atoms with Gasteiger partial charge in [-0.1, -0.05) is 5.92 Å². The molecule has 0 spiro atoms. The summed E-state index contributed by atoms with van der Waals surface area (Å²) in [6.45, 7) is 0.574. The molecule has 214 valence electrons. The summed E-state index contributed by atoms with van der Waals surface area (Å²) in [5, 5.41) is 45.6. The van der Waals surface area contributed by atoms with E-state index in [0.717, 1.165) is 0 Å². The van der Waals surface area contributed by atoms with Crippen molar-refractivity contribution < 1.29 is 34.8 Å². The first kappa shape index (κ1) is 28.9. The number of phenolic OH excluding ortho intramolecular Hbond substituents is 1. The minimum atomic E-state index is -2.68. The Labute approximate surface area is 232 Å². The molecule has 40 heavy (non-hydrogen) atoms. The maximum absolute atomic E-state index is 14.0. The van der Waals surface area contributed by atoms with Crippen LogP contribution < -0.4 is 16.4 Å². The van der Waals surface area contributed by atoms with E-state index < -0.39 is 58.0 Å². The van der Waals surface area contributed by atoms with Gasteiger partial charge in [0.1, 0.15) is 22.8 Å². The highest BCUT2D eigenvalue weighted by atomic mass is 16.3. The molecule has 1 aromatic carbocycles. The van der Waals surface area contributed by atoms with Gasteiger partial charge in [-0.15, -0.1) is 0 Å². The summed E-state index contributed by atoms with van der Waals surface area (Å²) in [7, 11) is 8.54. The number of aromatic hydroxyl groups is 1. The highest BCUT2D eigenvalue weighted by Crippen LogP contribution is 2.54. The SMILES string of the molecule is CN(CC#CN)Cc1cc(N(C)C)c2c(c1O)C(O)=C1C(=O)[C@]3(O)C(O)=C(C(N)=O)C(=O)[C@@H](N(C)C)C3CC1C2. The fourth-order valence-corrected chi connectivity index (χ4v) is 6.39. The van der Waals surface area contributed by atoms with Crippen molar-refractivity contribution in [1.29, 1.82) is 0 Å². The molecule has 1 fully saturated rings. The molecule has 8 N–H and O–H groups in total. The number of rotatable bonds is 6. The van der Waals surface area contributed by atoms with Crippen molar-refractivity contribution in [3.8, 4) is 17.7 Å². The molecule has 12 nitrogen and oxygen atoms in total. The van der Waals surface area contributed by atoms with Gasteiger partial charge in [0.15, 0.2) is 11.4 Å². The third-order valence-corrected chi connectivity index (χ3v) is 8.15. The molecule has 0 aromatic heterocycles. The van der Waals surface area contributed by atoms with Gasteiger partial charge in [0, 0.05) is 49.4 Å². The zero-order valence-corrected chi connectivity index (χ0v) is 23.1. The zero-order chi connectivity index (χ0) is 29.8. The van der Waals surface area contributed by atoms with E-state index in [4.69, 9.17) is 11.5 Å². The molecule has 0 radical (unpaired) electrons. The largest absolute Gasteiger partial charge is 0.508 e. The standard InChI is InChI=1S/C28H35N5O7/c1-31(2)17-11-14(12-33(5)8-6-7-29)22(34)19-15(17)9-13-10-16-21(32(3)4)24(36)20(27(30)39)26(38)28(16,40)25(37)18(13)23(19)35/h11,13,16,21,34-35,38,40H,8-10,12,29H2,1-5H3,(H2,30,39)/t13?,16?,21-,28-/m0/s1. The van der Waals surface area contributed by atoms with Crippen molar-refractivity contribution in [2.45, 2.75) is 31.0 Å². The molecule has 0 aliphatic heterocycles. The molecule has 3 aliphatic carbocycles. The number of likely N-dealkylation sites (N-methyl/N-ethyl adjacent to an activating group) is 1. The predicted molar refractivity (Wildman–Crippen MR) is 147 cm³/mol. The summed E-state index contributed by atoms with van der Waals surface area (Å²) in [4.78, 5) is 44.5. The smallest absolute Gasteiger partial charge is 0.255 e. The lowest BCUT2D eigenvalue weighted by molar-refractivity contribution is -0.153. The summed E-state index contributed by atoms with van der Waals surface area (Å²) in [6.07, 6.45) is 0.242. The number of primary amides is 1. The minimum Gasteiger partial charge on any atom is -0.508 e. The van der Waals surface area contributed by atoms with Crippen LogP contribution in [0.3, 0.4) is 0 Å². The Balaban J connectivity index is 1.94. The molecule has 1 aromatic rings. The molecule has 1 saturated carbocycles. The van der Waals surface area contributed by atoms with E-state index >= 15 is 0 Å². The first-order chi connectivity index (χ1) is 18.7. The number of nitrogens with two attached hydrogens (primary N) is 2. The van der Waals surface area contributed by atoms with E-state index in [-0.39, 0.29) is 36.3 Å². The number of carbonyl (C=O) groups is 3. The second kappa shape index (κ2) is 10.2. The Bertz CT molecular complexity index is 1430. The molecule has 0 bridgehead atoms. The Morgan fingerprint density at radius 2 is 1.80 bits per heavy atom. The van der Waals surface area contributed by atoms with Crippen molar-refractivity contribution in [1.82, 2.24) is 9.80 Å². The number of benzene rings is 1. The number of phenols is 1. The second-order valence-corrected chi connectivity index (χ2v) is 11.1. The van der Waals surface area contributed by atoms with Gasteiger partial charge in [0.05, 0.1) is 18.2 Å². The zero-order valence-electron chi connectivity index (χ0n) is 23.1. The lowest BCUT2D eigenvalue weighted by Gasteiger charge is -2.50. The van der Waals surface area contributed by atoms with Gasteiger partial charge in [-0.25, -0.2) is 0 Å². The normalized spacial score (nSPS) is 25.9. The molecule has 2 unspecified atom stereocenters. The van der Waals surface area contributed by atoms with Crippen molar-refractivity contribution >= 4 is 28.9 Å². The maximum atomic E-state index is 14.0. The topological polar surface area (TPSA) is 194 Å². The number of amides is 1. The van der Waals surface area contributed by atoms with Crippen LogP contribution in [0.1, 0.15) is 23.1 Å². The fraction of sp³-hybridized carbons (Fsp3) is 0.464. The highest BCUT2D eigenvalue weighted by molar-refractivity contribution is 6.24. The number of anilines is 1. The summed E-state index contributed by atoms with van der Waals surface area (Å²) < 4.78 is 0. The highest BCUT2D eigenvalue weighted by Gasteiger charge is 2.64. The number of hydrogen-bond donors (Lipinski definition) is 6. The van der Waals surface area contributed by atoms with E-state index in [1.54, 1.807) is 27.2 Å². The van der Waals surface area contributed by atoms with Crippen LogP contribution in [-0.2, 0) is 27.3 Å². The van der Waals surface area contributed by atoms with Crippen LogP contribution in [0.15, 0.2) is 23.0 Å². The number of nitrogens with zero attached hydrogens (tertiary/aromatic N) is 3. The number of aliphatic hydroxyl groups is 3. The first-order valence-electron chi connectivity index (χ1n) is 12.7. The molecule has 0 saturated heterocycles. The van der Waals surface area contributed by atoms with E-state index in [2.05, 4.69) is 12.0 Å². The lowest BCUT2D eigenvalue weighted by atomic mass is 9.57. The van der Waals surface area contributed by atoms with Crippen molar-refractivity contribution in [3.63, 3.8) is 0 Å². The van der Waals surface area contributed by atoms with E-state index in [1.165, 1.54) is 4.90 Å². The molecule has 4 atom stereocenters. The average Bonchev–Trinajstić information content (AvgIpc) is 2.85. The van der Waals surface area contributed by atoms with E-state index in [1.807, 2.05) is 23.9 Å². The van der Waals surface area contributed by atoms with Gasteiger partial charge in [0.2, 0.25) is 5.78 Å². The van der Waals surface area contributed by atoms with E-state index in [9.17, 15) is 34.8 Å². The summed E-state index contributed by atoms with van der Waals surface area (Å²) in [6, 6.07) is 3.00. The minimum absolute atomic E-state index is 0.0294. The Kier molecular flexibility index (Phi) is 7.36. The summed E-state index contributed by atoms with van der Waals surface area (Å²) in [5.74, 6) is -4.00.